The van der Waals surface area contributed by atoms with E-state index in [1.165, 1.54) is 24.8 Å². The molecule has 3 rings (SSSR count). The highest BCUT2D eigenvalue weighted by molar-refractivity contribution is 5.28. The zero-order valence-electron chi connectivity index (χ0n) is 11.8. The first-order valence-corrected chi connectivity index (χ1v) is 7.35. The molecule has 1 N–H and O–H groups in total. The van der Waals surface area contributed by atoms with Crippen molar-refractivity contribution in [3.8, 4) is 0 Å². The van der Waals surface area contributed by atoms with Crippen molar-refractivity contribution < 1.29 is 4.39 Å². The van der Waals surface area contributed by atoms with Gasteiger partial charge in [0, 0.05) is 18.6 Å². The van der Waals surface area contributed by atoms with Crippen LogP contribution in [0.5, 0.6) is 0 Å². The predicted octanol–water partition coefficient (Wildman–Crippen LogP) is 2.88. The topological polar surface area (TPSA) is 15.3 Å². The second kappa shape index (κ2) is 5.22. The standard InChI is InChI=1S/C16H23FN2/c1-11-9-12(3-6-15(11)17)16-13(7-8-19(16)2)10-18-14-4-5-14/h3,6,9,13-14,16,18H,4-5,7-8,10H2,1-2H3. The molecule has 1 heterocycles. The van der Waals surface area contributed by atoms with E-state index in [-0.39, 0.29) is 5.82 Å². The minimum Gasteiger partial charge on any atom is -0.314 e. The smallest absolute Gasteiger partial charge is 0.126 e. The first kappa shape index (κ1) is 13.1. The van der Waals surface area contributed by atoms with Crippen LogP contribution < -0.4 is 5.32 Å². The third-order valence-corrected chi connectivity index (χ3v) is 4.54. The molecule has 1 saturated carbocycles. The Balaban J connectivity index is 1.75. The van der Waals surface area contributed by atoms with Crippen molar-refractivity contribution in [2.24, 2.45) is 5.92 Å². The minimum atomic E-state index is -0.0999. The lowest BCUT2D eigenvalue weighted by Gasteiger charge is -2.26. The van der Waals surface area contributed by atoms with Crippen LogP contribution in [0.4, 0.5) is 4.39 Å². The number of halogens is 1. The van der Waals surface area contributed by atoms with Gasteiger partial charge in [-0.25, -0.2) is 4.39 Å². The Bertz CT molecular complexity index is 456. The van der Waals surface area contributed by atoms with Crippen LogP contribution in [0.15, 0.2) is 18.2 Å². The van der Waals surface area contributed by atoms with Crippen LogP contribution in [0.25, 0.3) is 0 Å². The molecule has 0 aromatic heterocycles. The Morgan fingerprint density at radius 1 is 1.32 bits per heavy atom. The quantitative estimate of drug-likeness (QED) is 0.897. The van der Waals surface area contributed by atoms with Crippen LogP contribution in [-0.4, -0.2) is 31.1 Å². The van der Waals surface area contributed by atoms with E-state index in [0.717, 1.165) is 24.7 Å². The van der Waals surface area contributed by atoms with Crippen molar-refractivity contribution in [1.82, 2.24) is 10.2 Å². The Morgan fingerprint density at radius 3 is 2.79 bits per heavy atom. The Kier molecular flexibility index (Phi) is 3.59. The summed E-state index contributed by atoms with van der Waals surface area (Å²) in [5.74, 6) is 0.549. The molecule has 1 aromatic rings. The molecule has 0 spiro atoms. The molecule has 2 aliphatic rings. The highest BCUT2D eigenvalue weighted by Crippen LogP contribution is 2.36. The highest BCUT2D eigenvalue weighted by atomic mass is 19.1. The molecule has 19 heavy (non-hydrogen) atoms. The van der Waals surface area contributed by atoms with Gasteiger partial charge in [0.05, 0.1) is 0 Å². The van der Waals surface area contributed by atoms with Crippen molar-refractivity contribution in [1.29, 1.82) is 0 Å². The van der Waals surface area contributed by atoms with Gasteiger partial charge in [-0.05, 0) is 62.9 Å². The third kappa shape index (κ3) is 2.82. The summed E-state index contributed by atoms with van der Waals surface area (Å²) in [6.07, 6.45) is 3.91. The van der Waals surface area contributed by atoms with E-state index in [2.05, 4.69) is 17.3 Å². The maximum atomic E-state index is 13.4. The summed E-state index contributed by atoms with van der Waals surface area (Å²) < 4.78 is 13.4. The molecule has 1 aliphatic heterocycles. The molecule has 2 unspecified atom stereocenters. The van der Waals surface area contributed by atoms with E-state index in [0.29, 0.717) is 12.0 Å². The fourth-order valence-electron chi connectivity index (χ4n) is 3.22. The molecule has 1 aliphatic carbocycles. The average molecular weight is 262 g/mol. The molecule has 1 saturated heterocycles. The van der Waals surface area contributed by atoms with Crippen LogP contribution in [0.3, 0.4) is 0 Å². The van der Waals surface area contributed by atoms with Crippen molar-refractivity contribution in [2.45, 2.75) is 38.3 Å². The van der Waals surface area contributed by atoms with Gasteiger partial charge in [0.15, 0.2) is 0 Å². The van der Waals surface area contributed by atoms with Gasteiger partial charge in [0.25, 0.3) is 0 Å². The van der Waals surface area contributed by atoms with E-state index < -0.39 is 0 Å². The molecule has 104 valence electrons. The molecule has 2 atom stereocenters. The fraction of sp³-hybridized carbons (Fsp3) is 0.625. The van der Waals surface area contributed by atoms with Gasteiger partial charge in [-0.1, -0.05) is 12.1 Å². The highest BCUT2D eigenvalue weighted by Gasteiger charge is 2.34. The Hall–Kier alpha value is -0.930. The van der Waals surface area contributed by atoms with Crippen molar-refractivity contribution in [2.75, 3.05) is 20.1 Å². The number of nitrogens with zero attached hydrogens (tertiary/aromatic N) is 1. The van der Waals surface area contributed by atoms with E-state index in [1.807, 2.05) is 19.1 Å². The lowest BCUT2D eigenvalue weighted by molar-refractivity contribution is 0.271. The van der Waals surface area contributed by atoms with Gasteiger partial charge in [-0.3, -0.25) is 4.90 Å². The van der Waals surface area contributed by atoms with E-state index >= 15 is 0 Å². The van der Waals surface area contributed by atoms with Crippen molar-refractivity contribution >= 4 is 0 Å². The summed E-state index contributed by atoms with van der Waals surface area (Å²) in [7, 11) is 2.18. The molecule has 1 aromatic carbocycles. The monoisotopic (exact) mass is 262 g/mol. The maximum Gasteiger partial charge on any atom is 0.126 e. The molecule has 0 amide bonds. The number of likely N-dealkylation sites (tertiary alicyclic amines) is 1. The summed E-state index contributed by atoms with van der Waals surface area (Å²) in [4.78, 5) is 2.41. The first-order valence-electron chi connectivity index (χ1n) is 7.35. The molecule has 2 fully saturated rings. The zero-order chi connectivity index (χ0) is 13.4. The molecular weight excluding hydrogens is 239 g/mol. The maximum absolute atomic E-state index is 13.4. The van der Waals surface area contributed by atoms with Gasteiger partial charge in [-0.15, -0.1) is 0 Å². The normalized spacial score (nSPS) is 27.9. The van der Waals surface area contributed by atoms with Gasteiger partial charge < -0.3 is 5.32 Å². The minimum absolute atomic E-state index is 0.0999. The number of nitrogens with one attached hydrogen (secondary N) is 1. The van der Waals surface area contributed by atoms with E-state index in [9.17, 15) is 4.39 Å². The summed E-state index contributed by atoms with van der Waals surface area (Å²) >= 11 is 0. The molecule has 2 nitrogen and oxygen atoms in total. The predicted molar refractivity (Wildman–Crippen MR) is 75.6 cm³/mol. The van der Waals surface area contributed by atoms with E-state index in [4.69, 9.17) is 0 Å². The van der Waals surface area contributed by atoms with Gasteiger partial charge >= 0.3 is 0 Å². The summed E-state index contributed by atoms with van der Waals surface area (Å²) in [5.41, 5.74) is 2.02. The molecule has 0 radical (unpaired) electrons. The van der Waals surface area contributed by atoms with Crippen LogP contribution in [0.2, 0.25) is 0 Å². The number of rotatable bonds is 4. The van der Waals surface area contributed by atoms with Crippen LogP contribution in [0, 0.1) is 18.7 Å². The first-order chi connectivity index (χ1) is 9.15. The third-order valence-electron chi connectivity index (χ3n) is 4.54. The fourth-order valence-corrected chi connectivity index (χ4v) is 3.22. The van der Waals surface area contributed by atoms with Crippen molar-refractivity contribution in [3.63, 3.8) is 0 Å². The number of hydrogen-bond acceptors (Lipinski definition) is 2. The van der Waals surface area contributed by atoms with Crippen LogP contribution >= 0.6 is 0 Å². The lowest BCUT2D eigenvalue weighted by atomic mass is 9.92. The SMILES string of the molecule is Cc1cc(C2C(CNC3CC3)CCN2C)ccc1F. The molecule has 3 heteroatoms. The number of hydrogen-bond donors (Lipinski definition) is 1. The largest absolute Gasteiger partial charge is 0.314 e. The van der Waals surface area contributed by atoms with Gasteiger partial charge in [0.1, 0.15) is 5.82 Å². The average Bonchev–Trinajstić information content (AvgIpc) is 3.14. The van der Waals surface area contributed by atoms with E-state index in [1.54, 1.807) is 6.07 Å². The van der Waals surface area contributed by atoms with Gasteiger partial charge in [0.2, 0.25) is 0 Å². The number of benzene rings is 1. The molecule has 0 bridgehead atoms. The van der Waals surface area contributed by atoms with Crippen LogP contribution in [-0.2, 0) is 0 Å². The molecular formula is C16H23FN2. The summed E-state index contributed by atoms with van der Waals surface area (Å²) in [6.45, 7) is 4.08. The lowest BCUT2D eigenvalue weighted by Crippen LogP contribution is -2.29. The second-order valence-electron chi connectivity index (χ2n) is 6.17. The Morgan fingerprint density at radius 2 is 2.11 bits per heavy atom. The second-order valence-corrected chi connectivity index (χ2v) is 6.17. The summed E-state index contributed by atoms with van der Waals surface area (Å²) in [6, 6.07) is 6.79. The number of aryl methyl sites for hydroxylation is 1. The Labute approximate surface area is 115 Å². The zero-order valence-corrected chi connectivity index (χ0v) is 11.8. The van der Waals surface area contributed by atoms with Crippen molar-refractivity contribution in [3.05, 3.63) is 35.1 Å². The van der Waals surface area contributed by atoms with Gasteiger partial charge in [-0.2, -0.15) is 0 Å². The van der Waals surface area contributed by atoms with Crippen LogP contribution in [0.1, 0.15) is 36.4 Å². The summed E-state index contributed by atoms with van der Waals surface area (Å²) in [5, 5.41) is 3.64.